The van der Waals surface area contributed by atoms with Gasteiger partial charge in [-0.25, -0.2) is 0 Å². The summed E-state index contributed by atoms with van der Waals surface area (Å²) in [5, 5.41) is 13.9. The Morgan fingerprint density at radius 1 is 0.893 bits per heavy atom. The van der Waals surface area contributed by atoms with Crippen molar-refractivity contribution in [3.63, 3.8) is 0 Å². The number of rotatable bonds is 4. The van der Waals surface area contributed by atoms with Gasteiger partial charge in [-0.3, -0.25) is 14.5 Å². The molecule has 138 valence electrons. The molecule has 0 fully saturated rings. The number of carbonyl (C=O) groups excluding carboxylic acids is 2. The van der Waals surface area contributed by atoms with Crippen LogP contribution >= 0.6 is 11.3 Å². The lowest BCUT2D eigenvalue weighted by Gasteiger charge is -2.12. The van der Waals surface area contributed by atoms with E-state index in [1.165, 1.54) is 16.2 Å². The third-order valence-corrected chi connectivity index (χ3v) is 5.80. The molecular weight excluding hydrogens is 374 g/mol. The second-order valence-corrected chi connectivity index (χ2v) is 7.63. The van der Waals surface area contributed by atoms with Crippen molar-refractivity contribution in [1.82, 2.24) is 24.7 Å². The highest BCUT2D eigenvalue weighted by molar-refractivity contribution is 7.16. The van der Waals surface area contributed by atoms with Crippen LogP contribution in [0.1, 0.15) is 31.3 Å². The van der Waals surface area contributed by atoms with Crippen LogP contribution in [0.5, 0.6) is 0 Å². The molecule has 0 bridgehead atoms. The summed E-state index contributed by atoms with van der Waals surface area (Å²) in [6.07, 6.45) is 0.479. The van der Waals surface area contributed by atoms with Crippen LogP contribution in [0.4, 0.5) is 0 Å². The van der Waals surface area contributed by atoms with Gasteiger partial charge >= 0.3 is 0 Å². The number of hydrogen-bond donors (Lipinski definition) is 0. The zero-order valence-electron chi connectivity index (χ0n) is 15.0. The number of fused-ring (bicyclic) bond motifs is 2. The Morgan fingerprint density at radius 2 is 1.54 bits per heavy atom. The van der Waals surface area contributed by atoms with Crippen molar-refractivity contribution >= 4 is 28.1 Å². The third kappa shape index (κ3) is 2.53. The highest BCUT2D eigenvalue weighted by Crippen LogP contribution is 2.26. The van der Waals surface area contributed by atoms with Gasteiger partial charge in [0.2, 0.25) is 4.96 Å². The van der Waals surface area contributed by atoms with Crippen LogP contribution in [0.2, 0.25) is 0 Å². The van der Waals surface area contributed by atoms with Crippen molar-refractivity contribution in [3.8, 4) is 11.4 Å². The van der Waals surface area contributed by atoms with E-state index in [-0.39, 0.29) is 18.4 Å². The van der Waals surface area contributed by atoms with Crippen molar-refractivity contribution in [2.24, 2.45) is 0 Å². The number of imide groups is 1. The van der Waals surface area contributed by atoms with E-state index < -0.39 is 0 Å². The summed E-state index contributed by atoms with van der Waals surface area (Å²) in [6.45, 7) is 2.31. The van der Waals surface area contributed by atoms with E-state index in [4.69, 9.17) is 0 Å². The fourth-order valence-corrected chi connectivity index (χ4v) is 4.22. The van der Waals surface area contributed by atoms with E-state index in [0.29, 0.717) is 28.3 Å². The van der Waals surface area contributed by atoms with Crippen LogP contribution in [0.25, 0.3) is 16.3 Å². The predicted octanol–water partition coefficient (Wildman–Crippen LogP) is 3.00. The Morgan fingerprint density at radius 3 is 2.21 bits per heavy atom. The van der Waals surface area contributed by atoms with E-state index in [1.807, 2.05) is 31.2 Å². The quantitative estimate of drug-likeness (QED) is 0.501. The fourth-order valence-electron chi connectivity index (χ4n) is 3.40. The molecule has 2 aromatic heterocycles. The zero-order chi connectivity index (χ0) is 19.3. The first-order valence-electron chi connectivity index (χ1n) is 8.86. The Balaban J connectivity index is 1.40. The van der Waals surface area contributed by atoms with Crippen molar-refractivity contribution in [2.75, 3.05) is 6.54 Å². The highest BCUT2D eigenvalue weighted by atomic mass is 32.1. The maximum absolute atomic E-state index is 12.5. The minimum Gasteiger partial charge on any atom is -0.274 e. The lowest BCUT2D eigenvalue weighted by atomic mass is 10.1. The van der Waals surface area contributed by atoms with Crippen LogP contribution < -0.4 is 0 Å². The molecule has 2 aromatic carbocycles. The lowest BCUT2D eigenvalue weighted by Crippen LogP contribution is -2.31. The van der Waals surface area contributed by atoms with Gasteiger partial charge in [-0.15, -0.1) is 10.2 Å². The van der Waals surface area contributed by atoms with Gasteiger partial charge in [0.25, 0.3) is 11.8 Å². The molecule has 0 atom stereocenters. The van der Waals surface area contributed by atoms with Crippen LogP contribution in [-0.4, -0.2) is 43.1 Å². The van der Waals surface area contributed by atoms with Crippen molar-refractivity contribution in [3.05, 3.63) is 70.2 Å². The van der Waals surface area contributed by atoms with E-state index in [9.17, 15) is 9.59 Å². The molecule has 0 N–H and O–H groups in total. The Labute approximate surface area is 164 Å². The first-order valence-corrected chi connectivity index (χ1v) is 9.67. The molecule has 0 aliphatic carbocycles. The number of aromatic nitrogens is 4. The summed E-state index contributed by atoms with van der Waals surface area (Å²) < 4.78 is 1.73. The topological polar surface area (TPSA) is 80.5 Å². The molecule has 2 amide bonds. The Hall–Kier alpha value is -3.39. The number of benzene rings is 2. The van der Waals surface area contributed by atoms with Gasteiger partial charge in [0.05, 0.1) is 11.1 Å². The predicted molar refractivity (Wildman–Crippen MR) is 104 cm³/mol. The van der Waals surface area contributed by atoms with Crippen molar-refractivity contribution in [2.45, 2.75) is 13.3 Å². The highest BCUT2D eigenvalue weighted by Gasteiger charge is 2.34. The smallest absolute Gasteiger partial charge is 0.261 e. The number of aryl methyl sites for hydroxylation is 1. The van der Waals surface area contributed by atoms with Gasteiger partial charge in [-0.2, -0.15) is 9.61 Å². The van der Waals surface area contributed by atoms with Gasteiger partial charge < -0.3 is 0 Å². The van der Waals surface area contributed by atoms with E-state index >= 15 is 0 Å². The molecule has 0 unspecified atom stereocenters. The Bertz CT molecular complexity index is 1210. The third-order valence-electron chi connectivity index (χ3n) is 4.85. The second kappa shape index (κ2) is 6.35. The van der Waals surface area contributed by atoms with Gasteiger partial charge in [0, 0.05) is 18.5 Å². The standard InChI is InChI=1S/C20H15N5O2S/c1-12-6-2-3-7-13(12)17-21-22-20-25(17)23-16(28-20)10-11-24-18(26)14-8-4-5-9-15(14)19(24)27/h2-9H,10-11H2,1H3. The number of amides is 2. The van der Waals surface area contributed by atoms with Crippen molar-refractivity contribution < 1.29 is 9.59 Å². The summed E-state index contributed by atoms with van der Waals surface area (Å²) >= 11 is 1.42. The number of carbonyl (C=O) groups is 2. The SMILES string of the molecule is Cc1ccccc1-c1nnc2sc(CCN3C(=O)c4ccccc4C3=O)nn12. The molecule has 1 aliphatic rings. The minimum atomic E-state index is -0.246. The summed E-state index contributed by atoms with van der Waals surface area (Å²) in [7, 11) is 0. The number of hydrogen-bond acceptors (Lipinski definition) is 6. The maximum atomic E-state index is 12.5. The second-order valence-electron chi connectivity index (χ2n) is 6.59. The summed E-state index contributed by atoms with van der Waals surface area (Å²) in [5.74, 6) is 0.199. The zero-order valence-corrected chi connectivity index (χ0v) is 15.8. The maximum Gasteiger partial charge on any atom is 0.261 e. The molecule has 28 heavy (non-hydrogen) atoms. The normalized spacial score (nSPS) is 13.5. The molecule has 5 rings (SSSR count). The molecule has 0 radical (unpaired) electrons. The molecule has 1 aliphatic heterocycles. The van der Waals surface area contributed by atoms with Crippen LogP contribution in [-0.2, 0) is 6.42 Å². The molecule has 8 heteroatoms. The van der Waals surface area contributed by atoms with Gasteiger partial charge in [-0.1, -0.05) is 47.7 Å². The Kier molecular flexibility index (Phi) is 3.80. The van der Waals surface area contributed by atoms with Crippen LogP contribution in [0.15, 0.2) is 48.5 Å². The molecule has 3 heterocycles. The molecule has 0 saturated carbocycles. The van der Waals surface area contributed by atoms with Gasteiger partial charge in [0.1, 0.15) is 5.01 Å². The first-order chi connectivity index (χ1) is 13.6. The summed E-state index contributed by atoms with van der Waals surface area (Å²) in [6, 6.07) is 14.9. The molecular formula is C20H15N5O2S. The van der Waals surface area contributed by atoms with Crippen molar-refractivity contribution in [1.29, 1.82) is 0 Å². The molecule has 7 nitrogen and oxygen atoms in total. The molecule has 0 spiro atoms. The monoisotopic (exact) mass is 389 g/mol. The summed E-state index contributed by atoms with van der Waals surface area (Å²) in [4.78, 5) is 27.0. The van der Waals surface area contributed by atoms with E-state index in [2.05, 4.69) is 15.3 Å². The first kappa shape index (κ1) is 16.8. The van der Waals surface area contributed by atoms with E-state index in [0.717, 1.165) is 16.1 Å². The van der Waals surface area contributed by atoms with Gasteiger partial charge in [0.15, 0.2) is 5.82 Å². The van der Waals surface area contributed by atoms with Crippen LogP contribution in [0.3, 0.4) is 0 Å². The summed E-state index contributed by atoms with van der Waals surface area (Å²) in [5.41, 5.74) is 3.00. The average molecular weight is 389 g/mol. The fraction of sp³-hybridized carbons (Fsp3) is 0.150. The lowest BCUT2D eigenvalue weighted by molar-refractivity contribution is 0.0656. The molecule has 4 aromatic rings. The van der Waals surface area contributed by atoms with E-state index in [1.54, 1.807) is 28.8 Å². The minimum absolute atomic E-state index is 0.246. The van der Waals surface area contributed by atoms with Gasteiger partial charge in [-0.05, 0) is 24.6 Å². The average Bonchev–Trinajstić information content (AvgIpc) is 3.34. The van der Waals surface area contributed by atoms with Crippen LogP contribution in [0, 0.1) is 6.92 Å². The number of nitrogens with zero attached hydrogens (tertiary/aromatic N) is 5. The largest absolute Gasteiger partial charge is 0.274 e. The molecule has 0 saturated heterocycles.